The minimum Gasteiger partial charge on any atom is -0.497 e. The SMILES string of the molecule is COc1ccc2ncc(Cl)c(CCCC3(C(=O)O)CCN(CC#Cc4c(F)cc(F)cc4F)CC3)c2c1. The zero-order valence-corrected chi connectivity index (χ0v) is 21.0. The number of rotatable bonds is 7. The number of methoxy groups -OCH3 is 1. The molecule has 0 spiro atoms. The van der Waals surface area contributed by atoms with E-state index in [-0.39, 0.29) is 6.54 Å². The number of aromatic nitrogens is 1. The van der Waals surface area contributed by atoms with Crippen LogP contribution in [0.25, 0.3) is 10.9 Å². The van der Waals surface area contributed by atoms with Crippen LogP contribution >= 0.6 is 11.6 Å². The summed E-state index contributed by atoms with van der Waals surface area (Å²) >= 11 is 6.45. The number of carbonyl (C=O) groups is 1. The van der Waals surface area contributed by atoms with E-state index >= 15 is 0 Å². The van der Waals surface area contributed by atoms with Gasteiger partial charge in [0, 0.05) is 36.8 Å². The van der Waals surface area contributed by atoms with Crippen LogP contribution in [0.3, 0.4) is 0 Å². The fourth-order valence-corrected chi connectivity index (χ4v) is 5.04. The van der Waals surface area contributed by atoms with Crippen LogP contribution in [0.5, 0.6) is 5.75 Å². The van der Waals surface area contributed by atoms with E-state index < -0.39 is 34.4 Å². The largest absolute Gasteiger partial charge is 0.497 e. The maximum absolute atomic E-state index is 13.8. The van der Waals surface area contributed by atoms with Gasteiger partial charge in [-0.15, -0.1) is 0 Å². The van der Waals surface area contributed by atoms with Crippen molar-refractivity contribution < 1.29 is 27.8 Å². The lowest BCUT2D eigenvalue weighted by Crippen LogP contribution is -2.44. The summed E-state index contributed by atoms with van der Waals surface area (Å²) in [5, 5.41) is 11.5. The molecule has 0 bridgehead atoms. The summed E-state index contributed by atoms with van der Waals surface area (Å²) < 4.78 is 46.0. The van der Waals surface area contributed by atoms with Gasteiger partial charge in [-0.25, -0.2) is 13.2 Å². The van der Waals surface area contributed by atoms with Gasteiger partial charge in [0.2, 0.25) is 0 Å². The molecular formula is C28H26ClF3N2O3. The highest BCUT2D eigenvalue weighted by Gasteiger charge is 2.40. The molecule has 4 rings (SSSR count). The van der Waals surface area contributed by atoms with Gasteiger partial charge >= 0.3 is 5.97 Å². The summed E-state index contributed by atoms with van der Waals surface area (Å²) in [7, 11) is 1.59. The maximum Gasteiger partial charge on any atom is 0.309 e. The van der Waals surface area contributed by atoms with Gasteiger partial charge in [0.25, 0.3) is 0 Å². The van der Waals surface area contributed by atoms with E-state index in [0.29, 0.717) is 68.1 Å². The third-order valence-corrected chi connectivity index (χ3v) is 7.33. The number of carboxylic acids is 1. The number of piperidine rings is 1. The molecule has 0 saturated carbocycles. The Balaban J connectivity index is 1.38. The first-order valence-electron chi connectivity index (χ1n) is 11.9. The molecule has 0 unspecified atom stereocenters. The monoisotopic (exact) mass is 530 g/mol. The molecule has 0 aliphatic carbocycles. The summed E-state index contributed by atoms with van der Waals surface area (Å²) in [6.07, 6.45) is 4.19. The van der Waals surface area contributed by atoms with E-state index in [0.717, 1.165) is 16.5 Å². The van der Waals surface area contributed by atoms with Crippen LogP contribution in [-0.2, 0) is 11.2 Å². The van der Waals surface area contributed by atoms with Crippen LogP contribution in [0, 0.1) is 34.7 Å². The lowest BCUT2D eigenvalue weighted by atomic mass is 9.74. The second kappa shape index (κ2) is 11.4. The molecule has 2 aromatic carbocycles. The lowest BCUT2D eigenvalue weighted by molar-refractivity contribution is -0.152. The van der Waals surface area contributed by atoms with E-state index in [1.165, 1.54) is 0 Å². The third-order valence-electron chi connectivity index (χ3n) is 7.01. The standard InChI is InChI=1S/C28H26ClF3N2O3/c1-37-19-6-7-26-22(16-19)20(23(29)17-33-26)4-2-8-28(27(35)36)9-12-34(13-10-28)11-3-5-21-24(31)14-18(30)15-25(21)32/h6-7,14-17H,2,4,8-13H2,1H3,(H,35,36). The second-order valence-corrected chi connectivity index (χ2v) is 9.64. The molecule has 1 aliphatic heterocycles. The van der Waals surface area contributed by atoms with Gasteiger partial charge in [-0.2, -0.15) is 0 Å². The number of benzene rings is 2. The average Bonchev–Trinajstić information content (AvgIpc) is 2.87. The number of pyridine rings is 1. The van der Waals surface area contributed by atoms with Crippen LogP contribution in [0.4, 0.5) is 13.2 Å². The van der Waals surface area contributed by atoms with E-state index in [4.69, 9.17) is 16.3 Å². The summed E-state index contributed by atoms with van der Waals surface area (Å²) in [6, 6.07) is 6.77. The fraction of sp³-hybridized carbons (Fsp3) is 0.357. The molecule has 3 aromatic rings. The molecule has 9 heteroatoms. The van der Waals surface area contributed by atoms with Crippen molar-refractivity contribution in [3.05, 3.63) is 70.1 Å². The van der Waals surface area contributed by atoms with Crippen molar-refractivity contribution in [3.63, 3.8) is 0 Å². The van der Waals surface area contributed by atoms with Gasteiger partial charge in [-0.3, -0.25) is 14.7 Å². The maximum atomic E-state index is 13.8. The molecule has 1 aliphatic rings. The highest BCUT2D eigenvalue weighted by atomic mass is 35.5. The van der Waals surface area contributed by atoms with Gasteiger partial charge in [-0.05, 0) is 55.9 Å². The van der Waals surface area contributed by atoms with Gasteiger partial charge in [-0.1, -0.05) is 23.4 Å². The van der Waals surface area contributed by atoms with E-state index in [2.05, 4.69) is 16.8 Å². The third kappa shape index (κ3) is 6.00. The first kappa shape index (κ1) is 26.8. The molecule has 1 N–H and O–H groups in total. The normalized spacial score (nSPS) is 15.3. The zero-order chi connectivity index (χ0) is 26.6. The summed E-state index contributed by atoms with van der Waals surface area (Å²) in [6.45, 7) is 1.21. The highest BCUT2D eigenvalue weighted by molar-refractivity contribution is 6.32. The molecule has 1 fully saturated rings. The molecular weight excluding hydrogens is 505 g/mol. The summed E-state index contributed by atoms with van der Waals surface area (Å²) in [5.74, 6) is 1.92. The Bertz CT molecular complexity index is 1360. The highest BCUT2D eigenvalue weighted by Crippen LogP contribution is 2.38. The Morgan fingerprint density at radius 3 is 2.54 bits per heavy atom. The van der Waals surface area contributed by atoms with E-state index in [1.54, 1.807) is 13.3 Å². The topological polar surface area (TPSA) is 62.7 Å². The molecule has 0 amide bonds. The van der Waals surface area contributed by atoms with Crippen LogP contribution in [0.1, 0.15) is 36.8 Å². The van der Waals surface area contributed by atoms with Crippen molar-refractivity contribution in [1.82, 2.24) is 9.88 Å². The lowest BCUT2D eigenvalue weighted by Gasteiger charge is -2.38. The van der Waals surface area contributed by atoms with Crippen LogP contribution in [0.15, 0.2) is 36.5 Å². The molecule has 0 radical (unpaired) electrons. The first-order valence-corrected chi connectivity index (χ1v) is 12.3. The van der Waals surface area contributed by atoms with Crippen LogP contribution in [0.2, 0.25) is 5.02 Å². The number of aliphatic carboxylic acids is 1. The van der Waals surface area contributed by atoms with Gasteiger partial charge < -0.3 is 9.84 Å². The number of carboxylic acid groups (broad SMARTS) is 1. The molecule has 0 atom stereocenters. The Morgan fingerprint density at radius 1 is 1.19 bits per heavy atom. The van der Waals surface area contributed by atoms with Gasteiger partial charge in [0.1, 0.15) is 23.2 Å². The Kier molecular flexibility index (Phi) is 8.25. The smallest absolute Gasteiger partial charge is 0.309 e. The molecule has 194 valence electrons. The summed E-state index contributed by atoms with van der Waals surface area (Å²) in [4.78, 5) is 18.6. The van der Waals surface area contributed by atoms with Crippen LogP contribution < -0.4 is 4.74 Å². The first-order chi connectivity index (χ1) is 17.7. The minimum atomic E-state index is -1.05. The number of nitrogens with zero attached hydrogens (tertiary/aromatic N) is 2. The number of likely N-dealkylation sites (tertiary alicyclic amines) is 1. The number of halogens is 4. The quantitative estimate of drug-likeness (QED) is 0.388. The minimum absolute atomic E-state index is 0.229. The Labute approximate surface area is 218 Å². The van der Waals surface area contributed by atoms with E-state index in [1.807, 2.05) is 23.1 Å². The number of aryl methyl sites for hydroxylation is 1. The molecule has 1 aromatic heterocycles. The molecule has 37 heavy (non-hydrogen) atoms. The number of ether oxygens (including phenoxy) is 1. The van der Waals surface area contributed by atoms with Gasteiger partial charge in [0.15, 0.2) is 0 Å². The van der Waals surface area contributed by atoms with Crippen molar-refractivity contribution in [2.24, 2.45) is 5.41 Å². The predicted molar refractivity (Wildman–Crippen MR) is 135 cm³/mol. The second-order valence-electron chi connectivity index (χ2n) is 9.23. The number of fused-ring (bicyclic) bond motifs is 1. The average molecular weight is 531 g/mol. The molecule has 1 saturated heterocycles. The fourth-order valence-electron chi connectivity index (χ4n) is 4.80. The van der Waals surface area contributed by atoms with Crippen molar-refractivity contribution >= 4 is 28.5 Å². The Morgan fingerprint density at radius 2 is 1.89 bits per heavy atom. The molecule has 5 nitrogen and oxygen atoms in total. The molecule has 2 heterocycles. The Hall–Kier alpha value is -3.28. The number of hydrogen-bond donors (Lipinski definition) is 1. The summed E-state index contributed by atoms with van der Waals surface area (Å²) in [5.41, 5.74) is 0.367. The van der Waals surface area contributed by atoms with Crippen molar-refractivity contribution in [3.8, 4) is 17.6 Å². The van der Waals surface area contributed by atoms with Crippen molar-refractivity contribution in [1.29, 1.82) is 0 Å². The van der Waals surface area contributed by atoms with Crippen molar-refractivity contribution in [2.45, 2.75) is 32.1 Å². The zero-order valence-electron chi connectivity index (χ0n) is 20.3. The van der Waals surface area contributed by atoms with Crippen molar-refractivity contribution in [2.75, 3.05) is 26.7 Å². The van der Waals surface area contributed by atoms with E-state index in [9.17, 15) is 23.1 Å². The predicted octanol–water partition coefficient (Wildman–Crippen LogP) is 5.86. The number of hydrogen-bond acceptors (Lipinski definition) is 4. The van der Waals surface area contributed by atoms with Gasteiger partial charge in [0.05, 0.1) is 35.2 Å². The van der Waals surface area contributed by atoms with Crippen LogP contribution in [-0.4, -0.2) is 47.7 Å².